The molecule has 4 heteroatoms. The van der Waals surface area contributed by atoms with Gasteiger partial charge in [-0.3, -0.25) is 0 Å². The summed E-state index contributed by atoms with van der Waals surface area (Å²) in [5, 5.41) is 0. The van der Waals surface area contributed by atoms with E-state index in [1.54, 1.807) is 0 Å². The van der Waals surface area contributed by atoms with Crippen LogP contribution < -0.4 is 0 Å². The Balaban J connectivity index is 1.83. The quantitative estimate of drug-likeness (QED) is 0.841. The topological polar surface area (TPSA) is 34.0 Å². The summed E-state index contributed by atoms with van der Waals surface area (Å²) in [5.41, 5.74) is 2.17. The summed E-state index contributed by atoms with van der Waals surface area (Å²) < 4.78 is 2.48. The molecule has 2 aromatic rings. The molecule has 0 amide bonds. The van der Waals surface area contributed by atoms with Crippen molar-refractivity contribution in [2.75, 3.05) is 20.1 Å². The summed E-state index contributed by atoms with van der Waals surface area (Å²) in [6.07, 6.45) is 8.41. The molecular weight excluding hydrogens is 248 g/mol. The lowest BCUT2D eigenvalue weighted by molar-refractivity contribution is 0.404. The molecule has 0 N–H and O–H groups in total. The molecule has 0 spiro atoms. The molecule has 0 radical (unpaired) electrons. The van der Waals surface area contributed by atoms with Crippen molar-refractivity contribution in [3.05, 3.63) is 24.2 Å². The van der Waals surface area contributed by atoms with Crippen LogP contribution in [0.4, 0.5) is 0 Å². The maximum atomic E-state index is 4.95. The van der Waals surface area contributed by atoms with E-state index in [2.05, 4.69) is 27.6 Å². The van der Waals surface area contributed by atoms with E-state index in [1.165, 1.54) is 44.5 Å². The van der Waals surface area contributed by atoms with Crippen molar-refractivity contribution < 1.29 is 0 Å². The van der Waals surface area contributed by atoms with Gasteiger partial charge in [-0.2, -0.15) is 0 Å². The van der Waals surface area contributed by atoms with Gasteiger partial charge in [0.25, 0.3) is 0 Å². The lowest BCUT2D eigenvalue weighted by atomic mass is 10.1. The third kappa shape index (κ3) is 1.94. The Morgan fingerprint density at radius 1 is 1.20 bits per heavy atom. The second kappa shape index (κ2) is 4.85. The van der Waals surface area contributed by atoms with Crippen LogP contribution >= 0.6 is 0 Å². The molecule has 2 aromatic heterocycles. The molecule has 1 saturated carbocycles. The average Bonchev–Trinajstić information content (AvgIpc) is 3.15. The Kier molecular flexibility index (Phi) is 2.99. The Morgan fingerprint density at radius 3 is 2.80 bits per heavy atom. The van der Waals surface area contributed by atoms with Gasteiger partial charge in [0, 0.05) is 24.7 Å². The molecule has 0 aromatic carbocycles. The normalized spacial score (nSPS) is 24.9. The first kappa shape index (κ1) is 12.3. The highest BCUT2D eigenvalue weighted by molar-refractivity contribution is 5.71. The molecule has 1 aliphatic carbocycles. The van der Waals surface area contributed by atoms with Gasteiger partial charge in [0.1, 0.15) is 11.3 Å². The van der Waals surface area contributed by atoms with E-state index in [0.717, 1.165) is 17.7 Å². The minimum atomic E-state index is 0.579. The predicted molar refractivity (Wildman–Crippen MR) is 79.9 cm³/mol. The number of rotatable bonds is 2. The Labute approximate surface area is 119 Å². The van der Waals surface area contributed by atoms with Crippen LogP contribution in [0.1, 0.15) is 49.9 Å². The van der Waals surface area contributed by atoms with Gasteiger partial charge in [-0.15, -0.1) is 0 Å². The zero-order chi connectivity index (χ0) is 13.5. The van der Waals surface area contributed by atoms with Crippen molar-refractivity contribution in [1.82, 2.24) is 19.4 Å². The van der Waals surface area contributed by atoms with Crippen molar-refractivity contribution in [1.29, 1.82) is 0 Å². The largest absolute Gasteiger partial charge is 0.309 e. The van der Waals surface area contributed by atoms with Gasteiger partial charge < -0.3 is 9.47 Å². The van der Waals surface area contributed by atoms with Gasteiger partial charge >= 0.3 is 0 Å². The van der Waals surface area contributed by atoms with Crippen LogP contribution in [0.15, 0.2) is 18.3 Å². The number of hydrogen-bond donors (Lipinski definition) is 0. The summed E-state index contributed by atoms with van der Waals surface area (Å²) in [6, 6.07) is 4.73. The summed E-state index contributed by atoms with van der Waals surface area (Å²) >= 11 is 0. The molecule has 4 nitrogen and oxygen atoms in total. The molecule has 2 aliphatic rings. The van der Waals surface area contributed by atoms with Crippen LogP contribution in [0.25, 0.3) is 11.2 Å². The number of aromatic nitrogens is 3. The van der Waals surface area contributed by atoms with Crippen LogP contribution in [0.5, 0.6) is 0 Å². The summed E-state index contributed by atoms with van der Waals surface area (Å²) in [6.45, 7) is 2.32. The molecule has 1 saturated heterocycles. The lowest BCUT2D eigenvalue weighted by Gasteiger charge is -2.19. The second-order valence-corrected chi connectivity index (χ2v) is 6.37. The minimum Gasteiger partial charge on any atom is -0.309 e. The van der Waals surface area contributed by atoms with Crippen LogP contribution in [-0.4, -0.2) is 39.6 Å². The molecule has 106 valence electrons. The van der Waals surface area contributed by atoms with Crippen molar-refractivity contribution in [3.8, 4) is 0 Å². The highest BCUT2D eigenvalue weighted by Crippen LogP contribution is 2.36. The van der Waals surface area contributed by atoms with Gasteiger partial charge in [0.2, 0.25) is 0 Å². The molecule has 1 unspecified atom stereocenters. The SMILES string of the molecule is CN1CCC(c2nc3cccnc3n2C2CCCC2)C1. The smallest absolute Gasteiger partial charge is 0.160 e. The number of likely N-dealkylation sites (N-methyl/N-ethyl adjacent to an activating group) is 1. The number of hydrogen-bond acceptors (Lipinski definition) is 3. The van der Waals surface area contributed by atoms with E-state index in [-0.39, 0.29) is 0 Å². The molecule has 1 atom stereocenters. The Hall–Kier alpha value is -1.42. The lowest BCUT2D eigenvalue weighted by Crippen LogP contribution is -2.17. The fourth-order valence-corrected chi connectivity index (χ4v) is 3.90. The summed E-state index contributed by atoms with van der Waals surface area (Å²) in [5.74, 6) is 1.87. The van der Waals surface area contributed by atoms with Crippen LogP contribution in [-0.2, 0) is 0 Å². The monoisotopic (exact) mass is 270 g/mol. The number of nitrogens with zero attached hydrogens (tertiary/aromatic N) is 4. The van der Waals surface area contributed by atoms with Crippen molar-refractivity contribution >= 4 is 11.2 Å². The second-order valence-electron chi connectivity index (χ2n) is 6.37. The highest BCUT2D eigenvalue weighted by Gasteiger charge is 2.30. The van der Waals surface area contributed by atoms with Crippen LogP contribution in [0.3, 0.4) is 0 Å². The van der Waals surface area contributed by atoms with Crippen LogP contribution in [0.2, 0.25) is 0 Å². The Morgan fingerprint density at radius 2 is 2.05 bits per heavy atom. The number of likely N-dealkylation sites (tertiary alicyclic amines) is 1. The van der Waals surface area contributed by atoms with Crippen molar-refractivity contribution in [2.24, 2.45) is 0 Å². The minimum absolute atomic E-state index is 0.579. The molecule has 3 heterocycles. The zero-order valence-electron chi connectivity index (χ0n) is 12.1. The number of fused-ring (bicyclic) bond motifs is 1. The predicted octanol–water partition coefficient (Wildman–Crippen LogP) is 2.97. The first-order valence-electron chi connectivity index (χ1n) is 7.84. The van der Waals surface area contributed by atoms with Crippen molar-refractivity contribution in [3.63, 3.8) is 0 Å². The van der Waals surface area contributed by atoms with E-state index >= 15 is 0 Å². The first-order chi connectivity index (χ1) is 9.83. The zero-order valence-corrected chi connectivity index (χ0v) is 12.1. The van der Waals surface area contributed by atoms with E-state index in [9.17, 15) is 0 Å². The standard InChI is InChI=1S/C16H22N4/c1-19-10-8-12(11-19)15-18-14-7-4-9-17-16(14)20(15)13-5-2-3-6-13/h4,7,9,12-13H,2-3,5-6,8,10-11H2,1H3. The van der Waals surface area contributed by atoms with Gasteiger partial charge in [0.15, 0.2) is 5.65 Å². The van der Waals surface area contributed by atoms with Crippen LogP contribution in [0, 0.1) is 0 Å². The number of imidazole rings is 1. The molecule has 0 bridgehead atoms. The van der Waals surface area contributed by atoms with Crippen molar-refractivity contribution in [2.45, 2.75) is 44.1 Å². The molecule has 20 heavy (non-hydrogen) atoms. The third-order valence-corrected chi connectivity index (χ3v) is 4.92. The average molecular weight is 270 g/mol. The highest BCUT2D eigenvalue weighted by atomic mass is 15.2. The Bertz CT molecular complexity index is 612. The fraction of sp³-hybridized carbons (Fsp3) is 0.625. The number of pyridine rings is 1. The molecule has 4 rings (SSSR count). The van der Waals surface area contributed by atoms with Gasteiger partial charge in [-0.05, 0) is 45.0 Å². The van der Waals surface area contributed by atoms with Gasteiger partial charge in [-0.25, -0.2) is 9.97 Å². The summed E-state index contributed by atoms with van der Waals surface area (Å²) in [7, 11) is 2.21. The van der Waals surface area contributed by atoms with Gasteiger partial charge in [0.05, 0.1) is 0 Å². The maximum absolute atomic E-state index is 4.95. The van der Waals surface area contributed by atoms with E-state index < -0.39 is 0 Å². The van der Waals surface area contributed by atoms with E-state index in [0.29, 0.717) is 12.0 Å². The van der Waals surface area contributed by atoms with Gasteiger partial charge in [-0.1, -0.05) is 12.8 Å². The maximum Gasteiger partial charge on any atom is 0.160 e. The third-order valence-electron chi connectivity index (χ3n) is 4.92. The first-order valence-corrected chi connectivity index (χ1v) is 7.84. The molecule has 1 aliphatic heterocycles. The molecular formula is C16H22N4. The van der Waals surface area contributed by atoms with E-state index in [4.69, 9.17) is 4.98 Å². The summed E-state index contributed by atoms with van der Waals surface area (Å²) in [4.78, 5) is 12.0. The fourth-order valence-electron chi connectivity index (χ4n) is 3.90. The van der Waals surface area contributed by atoms with E-state index in [1.807, 2.05) is 12.3 Å². The molecule has 2 fully saturated rings.